The summed E-state index contributed by atoms with van der Waals surface area (Å²) in [4.78, 5) is 0. The molecule has 2 fully saturated rings. The van der Waals surface area contributed by atoms with E-state index in [1.54, 1.807) is 0 Å². The minimum absolute atomic E-state index is 0.292. The lowest BCUT2D eigenvalue weighted by molar-refractivity contribution is -0.0211. The number of alkyl halides is 1. The molecule has 166 valence electrons. The summed E-state index contributed by atoms with van der Waals surface area (Å²) in [5.74, 6) is 2.38. The van der Waals surface area contributed by atoms with Crippen molar-refractivity contribution in [3.63, 3.8) is 0 Å². The summed E-state index contributed by atoms with van der Waals surface area (Å²) in [6, 6.07) is 0. The number of hydrogen-bond donors (Lipinski definition) is 1. The molecule has 2 nitrogen and oxygen atoms in total. The number of rotatable bonds is 8. The van der Waals surface area contributed by atoms with Gasteiger partial charge in [-0.05, 0) is 93.7 Å². The third-order valence-electron chi connectivity index (χ3n) is 8.52. The summed E-state index contributed by atoms with van der Waals surface area (Å²) in [5, 5.41) is 10.4. The number of aliphatic hydroxyl groups is 1. The number of hydrogen-bond acceptors (Lipinski definition) is 2. The van der Waals surface area contributed by atoms with Gasteiger partial charge >= 0.3 is 0 Å². The van der Waals surface area contributed by atoms with Crippen LogP contribution in [0.15, 0.2) is 0 Å². The highest BCUT2D eigenvalue weighted by Crippen LogP contribution is 2.59. The van der Waals surface area contributed by atoms with Crippen molar-refractivity contribution in [1.29, 1.82) is 0 Å². The first-order valence-corrected chi connectivity index (χ1v) is 16.1. The Morgan fingerprint density at radius 1 is 1.14 bits per heavy atom. The van der Waals surface area contributed by atoms with Crippen molar-refractivity contribution >= 4 is 30.9 Å². The number of halogens is 1. The van der Waals surface area contributed by atoms with Crippen molar-refractivity contribution in [2.24, 2.45) is 23.2 Å². The van der Waals surface area contributed by atoms with Crippen molar-refractivity contribution in [2.45, 2.75) is 123 Å². The van der Waals surface area contributed by atoms with Crippen LogP contribution in [0.4, 0.5) is 0 Å². The van der Waals surface area contributed by atoms with Gasteiger partial charge in [0.15, 0.2) is 8.32 Å². The molecule has 2 rings (SSSR count). The molecule has 0 bridgehead atoms. The van der Waals surface area contributed by atoms with Crippen molar-refractivity contribution in [3.8, 4) is 0 Å². The second-order valence-electron chi connectivity index (χ2n) is 12.2. The molecule has 2 saturated carbocycles. The molecule has 0 spiro atoms. The van der Waals surface area contributed by atoms with Gasteiger partial charge in [0, 0.05) is 10.5 Å². The summed E-state index contributed by atoms with van der Waals surface area (Å²) in [7, 11) is -1.71. The lowest BCUT2D eigenvalue weighted by Crippen LogP contribution is -2.50. The summed E-state index contributed by atoms with van der Waals surface area (Å²) in [6.45, 7) is 18.5. The predicted octanol–water partition coefficient (Wildman–Crippen LogP) is 7.59. The molecule has 0 aromatic carbocycles. The van der Waals surface area contributed by atoms with Crippen LogP contribution in [-0.2, 0) is 4.43 Å². The van der Waals surface area contributed by atoms with Gasteiger partial charge in [-0.15, -0.1) is 0 Å². The highest BCUT2D eigenvalue weighted by atomic mass is 127. The minimum Gasteiger partial charge on any atom is -0.414 e. The summed E-state index contributed by atoms with van der Waals surface area (Å²) < 4.78 is 8.27. The Bertz CT molecular complexity index is 508. The van der Waals surface area contributed by atoms with E-state index in [1.165, 1.54) is 43.0 Å². The van der Waals surface area contributed by atoms with Crippen LogP contribution in [0.2, 0.25) is 18.1 Å². The van der Waals surface area contributed by atoms with E-state index >= 15 is 0 Å². The van der Waals surface area contributed by atoms with E-state index in [2.05, 4.69) is 63.4 Å². The molecule has 0 radical (unpaired) electrons. The quantitative estimate of drug-likeness (QED) is 0.202. The van der Waals surface area contributed by atoms with Gasteiger partial charge in [-0.2, -0.15) is 0 Å². The highest BCUT2D eigenvalue weighted by molar-refractivity contribution is 14.1. The van der Waals surface area contributed by atoms with Crippen LogP contribution in [0.25, 0.3) is 0 Å². The lowest BCUT2D eigenvalue weighted by atomic mass is 9.61. The average Bonchev–Trinajstić information content (AvgIpc) is 2.87. The molecule has 3 unspecified atom stereocenters. The van der Waals surface area contributed by atoms with Crippen LogP contribution in [0.1, 0.15) is 92.9 Å². The van der Waals surface area contributed by atoms with Gasteiger partial charge in [0.05, 0.1) is 5.60 Å². The Hall–Kier alpha value is 0.867. The van der Waals surface area contributed by atoms with E-state index < -0.39 is 13.9 Å². The molecule has 0 aromatic rings. The van der Waals surface area contributed by atoms with Gasteiger partial charge in [-0.1, -0.05) is 63.1 Å². The second-order valence-corrected chi connectivity index (χ2v) is 17.9. The van der Waals surface area contributed by atoms with Crippen molar-refractivity contribution < 1.29 is 9.53 Å². The van der Waals surface area contributed by atoms with Gasteiger partial charge < -0.3 is 9.53 Å². The molecule has 5 atom stereocenters. The average molecular weight is 523 g/mol. The van der Waals surface area contributed by atoms with Crippen LogP contribution < -0.4 is 0 Å². The predicted molar refractivity (Wildman–Crippen MR) is 133 cm³/mol. The molecule has 0 aromatic heterocycles. The van der Waals surface area contributed by atoms with E-state index in [1.807, 2.05) is 13.8 Å². The zero-order valence-electron chi connectivity index (χ0n) is 19.9. The normalized spacial score (nSPS) is 33.0. The molecule has 1 N–H and O–H groups in total. The van der Waals surface area contributed by atoms with Crippen LogP contribution in [-0.4, -0.2) is 29.6 Å². The molecular formula is C24H47IO2Si. The minimum atomic E-state index is -1.71. The lowest BCUT2D eigenvalue weighted by Gasteiger charge is -2.50. The molecule has 0 aliphatic heterocycles. The Balaban J connectivity index is 2.09. The van der Waals surface area contributed by atoms with Gasteiger partial charge in [0.2, 0.25) is 0 Å². The Morgan fingerprint density at radius 3 is 2.32 bits per heavy atom. The zero-order chi connectivity index (χ0) is 21.4. The molecule has 2 aliphatic rings. The summed E-state index contributed by atoms with van der Waals surface area (Å²) >= 11 is 2.62. The van der Waals surface area contributed by atoms with Crippen LogP contribution in [0.5, 0.6) is 0 Å². The Kier molecular flexibility index (Phi) is 8.22. The summed E-state index contributed by atoms with van der Waals surface area (Å²) in [5.41, 5.74) is -0.0687. The second kappa shape index (κ2) is 9.16. The van der Waals surface area contributed by atoms with Gasteiger partial charge in [-0.3, -0.25) is 0 Å². The fourth-order valence-corrected chi connectivity index (χ4v) is 8.26. The van der Waals surface area contributed by atoms with Gasteiger partial charge in [0.25, 0.3) is 0 Å². The van der Waals surface area contributed by atoms with E-state index in [4.69, 9.17) is 4.43 Å². The third-order valence-corrected chi connectivity index (χ3v) is 14.2. The smallest absolute Gasteiger partial charge is 0.192 e. The molecule has 0 heterocycles. The maximum Gasteiger partial charge on any atom is 0.192 e. The SMILES string of the molecule is CC(C)(O)CCCC(CI)C1CCC2[C@@H](O[Si](C)(C)C(C)(C)C)CCC[C@]12C. The van der Waals surface area contributed by atoms with E-state index in [-0.39, 0.29) is 0 Å². The molecule has 0 amide bonds. The first-order chi connectivity index (χ1) is 12.7. The van der Waals surface area contributed by atoms with E-state index in [0.29, 0.717) is 16.6 Å². The van der Waals surface area contributed by atoms with Crippen LogP contribution >= 0.6 is 22.6 Å². The maximum atomic E-state index is 10.1. The van der Waals surface area contributed by atoms with Gasteiger partial charge in [-0.25, -0.2) is 0 Å². The zero-order valence-corrected chi connectivity index (χ0v) is 23.1. The Labute approximate surface area is 190 Å². The molecule has 4 heteroatoms. The first-order valence-electron chi connectivity index (χ1n) is 11.7. The molecule has 2 aliphatic carbocycles. The third kappa shape index (κ3) is 5.76. The van der Waals surface area contributed by atoms with Crippen LogP contribution in [0.3, 0.4) is 0 Å². The summed E-state index contributed by atoms with van der Waals surface area (Å²) in [6.07, 6.45) is 10.6. The highest BCUT2D eigenvalue weighted by Gasteiger charge is 2.54. The molecular weight excluding hydrogens is 475 g/mol. The monoisotopic (exact) mass is 522 g/mol. The topological polar surface area (TPSA) is 29.5 Å². The number of fused-ring (bicyclic) bond motifs is 1. The fraction of sp³-hybridized carbons (Fsp3) is 1.00. The fourth-order valence-electron chi connectivity index (χ4n) is 5.81. The van der Waals surface area contributed by atoms with E-state index in [0.717, 1.165) is 30.6 Å². The Morgan fingerprint density at radius 2 is 1.79 bits per heavy atom. The maximum absolute atomic E-state index is 10.1. The van der Waals surface area contributed by atoms with Crippen molar-refractivity contribution in [1.82, 2.24) is 0 Å². The van der Waals surface area contributed by atoms with E-state index in [9.17, 15) is 5.11 Å². The van der Waals surface area contributed by atoms with Crippen molar-refractivity contribution in [3.05, 3.63) is 0 Å². The van der Waals surface area contributed by atoms with Crippen LogP contribution in [0, 0.1) is 23.2 Å². The standard InChI is InChI=1S/C24H47IO2Si/c1-22(2,3)28(7,8)27-21-12-10-16-24(6)19(13-14-20(21)24)18(17-25)11-9-15-23(4,5)26/h18-21,26H,9-17H2,1-8H3/t18?,19?,20?,21-,24+/m0/s1. The van der Waals surface area contributed by atoms with Crippen molar-refractivity contribution in [2.75, 3.05) is 4.43 Å². The van der Waals surface area contributed by atoms with Gasteiger partial charge in [0.1, 0.15) is 0 Å². The first kappa shape index (κ1) is 25.1. The molecule has 28 heavy (non-hydrogen) atoms. The molecule has 0 saturated heterocycles. The largest absolute Gasteiger partial charge is 0.414 e.